The number of hydrogen-bond donors (Lipinski definition) is 0. The minimum atomic E-state index is 0.817. The zero-order chi connectivity index (χ0) is 6.10. The topological polar surface area (TPSA) is 17.3 Å². The fourth-order valence-corrected chi connectivity index (χ4v) is 0.754. The van der Waals surface area contributed by atoms with Crippen LogP contribution in [-0.2, 0) is 0 Å². The van der Waals surface area contributed by atoms with Gasteiger partial charge in [-0.25, -0.2) is 4.98 Å². The second kappa shape index (κ2) is 1.58. The van der Waals surface area contributed by atoms with Crippen molar-refractivity contribution in [3.8, 4) is 0 Å². The summed E-state index contributed by atoms with van der Waals surface area (Å²) in [4.78, 5) is 3.99. The quantitative estimate of drug-likeness (QED) is 0.500. The molecule has 0 fully saturated rings. The monoisotopic (exact) mass is 116 g/mol. The smallest absolute Gasteiger partial charge is 0.145 e. The van der Waals surface area contributed by atoms with Crippen molar-refractivity contribution in [1.29, 1.82) is 0 Å². The average molecular weight is 116 g/mol. The minimum Gasteiger partial charge on any atom is -0.307 e. The molecule has 0 aliphatic rings. The van der Waals surface area contributed by atoms with Crippen molar-refractivity contribution in [3.05, 3.63) is 36.8 Å². The molecular formula is C7H4N2. The van der Waals surface area contributed by atoms with Gasteiger partial charge in [-0.15, -0.1) is 0 Å². The molecule has 2 heterocycles. The summed E-state index contributed by atoms with van der Waals surface area (Å²) >= 11 is 0. The molecule has 2 heteroatoms. The third-order valence-electron chi connectivity index (χ3n) is 1.17. The Balaban J connectivity index is 2.95. The molecule has 0 bridgehead atoms. The number of pyridine rings is 1. The Kier molecular flexibility index (Phi) is 0.803. The molecular weight excluding hydrogens is 112 g/mol. The van der Waals surface area contributed by atoms with Crippen molar-refractivity contribution in [1.82, 2.24) is 9.38 Å². The van der Waals surface area contributed by atoms with Crippen LogP contribution >= 0.6 is 0 Å². The largest absolute Gasteiger partial charge is 0.307 e. The number of fused-ring (bicyclic) bond motifs is 1. The molecule has 42 valence electrons. The van der Waals surface area contributed by atoms with Gasteiger partial charge in [0.15, 0.2) is 0 Å². The van der Waals surface area contributed by atoms with Crippen LogP contribution in [0.2, 0.25) is 0 Å². The summed E-state index contributed by atoms with van der Waals surface area (Å²) in [6, 6.07) is 7.47. The van der Waals surface area contributed by atoms with Gasteiger partial charge in [0.25, 0.3) is 0 Å². The van der Waals surface area contributed by atoms with Crippen LogP contribution < -0.4 is 0 Å². The van der Waals surface area contributed by atoms with Gasteiger partial charge in [0.2, 0.25) is 0 Å². The van der Waals surface area contributed by atoms with Crippen molar-refractivity contribution in [2.45, 2.75) is 0 Å². The lowest BCUT2D eigenvalue weighted by Crippen LogP contribution is -1.78. The average Bonchev–Trinajstić information content (AvgIpc) is 2.33. The summed E-state index contributed by atoms with van der Waals surface area (Å²) in [6.45, 7) is 0. The van der Waals surface area contributed by atoms with E-state index < -0.39 is 0 Å². The number of nitrogens with zero attached hydrogens (tertiary/aromatic N) is 2. The molecule has 2 rings (SSSR count). The van der Waals surface area contributed by atoms with Crippen molar-refractivity contribution in [3.63, 3.8) is 0 Å². The Labute approximate surface area is 52.8 Å². The number of imidazole rings is 1. The molecule has 2 nitrogen and oxygen atoms in total. The molecule has 0 aliphatic carbocycles. The van der Waals surface area contributed by atoms with Gasteiger partial charge in [0.05, 0.1) is 0 Å². The zero-order valence-corrected chi connectivity index (χ0v) is 4.70. The Bertz CT molecular complexity index is 281. The molecule has 0 saturated carbocycles. The lowest BCUT2D eigenvalue weighted by Gasteiger charge is -1.85. The second-order valence-corrected chi connectivity index (χ2v) is 1.74. The van der Waals surface area contributed by atoms with Crippen LogP contribution in [0.1, 0.15) is 0 Å². The Morgan fingerprint density at radius 3 is 3.33 bits per heavy atom. The third-order valence-corrected chi connectivity index (χ3v) is 1.17. The van der Waals surface area contributed by atoms with Crippen LogP contribution in [0.15, 0.2) is 24.7 Å². The maximum Gasteiger partial charge on any atom is 0.145 e. The minimum absolute atomic E-state index is 0.817. The first-order chi connectivity index (χ1) is 4.47. The number of hydrogen-bond acceptors (Lipinski definition) is 1. The third kappa shape index (κ3) is 0.598. The van der Waals surface area contributed by atoms with Gasteiger partial charge in [-0.3, -0.25) is 0 Å². The van der Waals surface area contributed by atoms with Crippen LogP contribution in [0.4, 0.5) is 0 Å². The lowest BCUT2D eigenvalue weighted by molar-refractivity contribution is 1.18. The van der Waals surface area contributed by atoms with Gasteiger partial charge in [-0.1, -0.05) is 0 Å². The van der Waals surface area contributed by atoms with E-state index in [2.05, 4.69) is 17.1 Å². The molecule has 0 N–H and O–H groups in total. The first-order valence-corrected chi connectivity index (χ1v) is 2.68. The first-order valence-electron chi connectivity index (χ1n) is 2.68. The zero-order valence-electron chi connectivity index (χ0n) is 4.70. The molecule has 0 amide bonds. The molecule has 9 heavy (non-hydrogen) atoms. The maximum absolute atomic E-state index is 3.99. The summed E-state index contributed by atoms with van der Waals surface area (Å²) in [5, 5.41) is 0. The number of rotatable bonds is 0. The summed E-state index contributed by atoms with van der Waals surface area (Å²) in [5.41, 5.74) is 0.817. The van der Waals surface area contributed by atoms with E-state index in [9.17, 15) is 0 Å². The van der Waals surface area contributed by atoms with Crippen LogP contribution in [0.25, 0.3) is 5.65 Å². The van der Waals surface area contributed by atoms with E-state index in [0.29, 0.717) is 0 Å². The molecule has 2 aromatic rings. The van der Waals surface area contributed by atoms with Gasteiger partial charge >= 0.3 is 0 Å². The highest BCUT2D eigenvalue weighted by Crippen LogP contribution is 1.95. The van der Waals surface area contributed by atoms with E-state index in [1.165, 1.54) is 0 Å². The lowest BCUT2D eigenvalue weighted by atomic mass is 10.5. The van der Waals surface area contributed by atoms with Gasteiger partial charge in [0.1, 0.15) is 5.65 Å². The van der Waals surface area contributed by atoms with Crippen LogP contribution in [0.3, 0.4) is 0 Å². The van der Waals surface area contributed by atoms with Gasteiger partial charge in [-0.2, -0.15) is 0 Å². The van der Waals surface area contributed by atoms with E-state index in [1.807, 2.05) is 16.8 Å². The highest BCUT2D eigenvalue weighted by atomic mass is 15.0. The molecule has 0 aliphatic heterocycles. The fourth-order valence-electron chi connectivity index (χ4n) is 0.754. The van der Waals surface area contributed by atoms with Crippen molar-refractivity contribution in [2.75, 3.05) is 0 Å². The van der Waals surface area contributed by atoms with Gasteiger partial charge in [-0.05, 0) is 12.1 Å². The van der Waals surface area contributed by atoms with Crippen molar-refractivity contribution >= 4 is 5.65 Å². The second-order valence-electron chi connectivity index (χ2n) is 1.74. The van der Waals surface area contributed by atoms with E-state index in [1.54, 1.807) is 12.3 Å². The van der Waals surface area contributed by atoms with Crippen molar-refractivity contribution in [2.24, 2.45) is 0 Å². The highest BCUT2D eigenvalue weighted by Gasteiger charge is 1.86. The van der Waals surface area contributed by atoms with E-state index in [-0.39, 0.29) is 0 Å². The predicted octanol–water partition coefficient (Wildman–Crippen LogP) is 0.935. The molecule has 0 spiro atoms. The predicted molar refractivity (Wildman–Crippen MR) is 32.9 cm³/mol. The standard InChI is InChI=1S/C7H4N2/c1-2-5-9-6-4-8-7(9)3-1/h2,4-6H. The number of aromatic nitrogens is 2. The summed E-state index contributed by atoms with van der Waals surface area (Å²) < 4.78 is 1.89. The molecule has 0 aromatic carbocycles. The molecule has 0 atom stereocenters. The van der Waals surface area contributed by atoms with Gasteiger partial charge in [0, 0.05) is 24.7 Å². The van der Waals surface area contributed by atoms with E-state index in [4.69, 9.17) is 0 Å². The van der Waals surface area contributed by atoms with Crippen LogP contribution in [0.5, 0.6) is 0 Å². The molecule has 2 radical (unpaired) electrons. The van der Waals surface area contributed by atoms with Crippen molar-refractivity contribution < 1.29 is 0 Å². The Morgan fingerprint density at radius 1 is 1.44 bits per heavy atom. The highest BCUT2D eigenvalue weighted by molar-refractivity contribution is 5.34. The molecule has 0 unspecified atom stereocenters. The van der Waals surface area contributed by atoms with Crippen LogP contribution in [-0.4, -0.2) is 9.38 Å². The fraction of sp³-hybridized carbons (Fsp3) is 0. The molecule has 2 aromatic heterocycles. The first kappa shape index (κ1) is 4.56. The summed E-state index contributed by atoms with van der Waals surface area (Å²) in [7, 11) is 0. The SMILES string of the molecule is [c]1[c]c2nccn2cc1. The van der Waals surface area contributed by atoms with Gasteiger partial charge < -0.3 is 4.40 Å². The van der Waals surface area contributed by atoms with E-state index in [0.717, 1.165) is 5.65 Å². The molecule has 0 saturated heterocycles. The summed E-state index contributed by atoms with van der Waals surface area (Å²) in [5.74, 6) is 0. The van der Waals surface area contributed by atoms with Crippen LogP contribution in [0, 0.1) is 12.1 Å². The Hall–Kier alpha value is -1.31. The van der Waals surface area contributed by atoms with E-state index >= 15 is 0 Å². The normalized spacial score (nSPS) is 10.2. The summed E-state index contributed by atoms with van der Waals surface area (Å²) in [6.07, 6.45) is 5.50. The maximum atomic E-state index is 3.99. The Morgan fingerprint density at radius 2 is 2.44 bits per heavy atom.